The van der Waals surface area contributed by atoms with E-state index in [1.165, 1.54) is 0 Å². The standard InChI is InChI=1S/C12H13BrClN3O/c13-12-5-10(14)2-1-9(12)6-15-11-7-16-17(8-11)3-4-18/h1-2,5,7-8,15,18H,3-4,6H2. The first-order valence-electron chi connectivity index (χ1n) is 5.50. The van der Waals surface area contributed by atoms with E-state index in [4.69, 9.17) is 16.7 Å². The molecule has 0 saturated heterocycles. The number of aliphatic hydroxyl groups excluding tert-OH is 1. The number of hydrogen-bond acceptors (Lipinski definition) is 3. The van der Waals surface area contributed by atoms with Crippen LogP contribution >= 0.6 is 27.5 Å². The minimum absolute atomic E-state index is 0.0872. The number of nitrogens with zero attached hydrogens (tertiary/aromatic N) is 2. The second-order valence-electron chi connectivity index (χ2n) is 3.80. The molecule has 0 fully saturated rings. The topological polar surface area (TPSA) is 50.1 Å². The molecule has 0 aliphatic carbocycles. The maximum Gasteiger partial charge on any atom is 0.0729 e. The molecule has 0 saturated carbocycles. The summed E-state index contributed by atoms with van der Waals surface area (Å²) < 4.78 is 2.67. The Morgan fingerprint density at radius 3 is 3.00 bits per heavy atom. The molecule has 0 atom stereocenters. The number of benzene rings is 1. The van der Waals surface area contributed by atoms with E-state index in [1.807, 2.05) is 24.4 Å². The van der Waals surface area contributed by atoms with Crippen molar-refractivity contribution in [3.05, 3.63) is 45.7 Å². The van der Waals surface area contributed by atoms with Crippen molar-refractivity contribution in [3.63, 3.8) is 0 Å². The van der Waals surface area contributed by atoms with Crippen molar-refractivity contribution in [3.8, 4) is 0 Å². The molecule has 2 N–H and O–H groups in total. The van der Waals surface area contributed by atoms with Crippen LogP contribution in [-0.4, -0.2) is 21.5 Å². The lowest BCUT2D eigenvalue weighted by Gasteiger charge is -2.06. The van der Waals surface area contributed by atoms with Crippen LogP contribution in [0.3, 0.4) is 0 Å². The first-order chi connectivity index (χ1) is 8.69. The fraction of sp³-hybridized carbons (Fsp3) is 0.250. The van der Waals surface area contributed by atoms with Crippen LogP contribution in [0.5, 0.6) is 0 Å². The Kier molecular flexibility index (Phi) is 4.63. The molecule has 4 nitrogen and oxygen atoms in total. The van der Waals surface area contributed by atoms with Crippen LogP contribution < -0.4 is 5.32 Å². The summed E-state index contributed by atoms with van der Waals surface area (Å²) in [6, 6.07) is 5.70. The van der Waals surface area contributed by atoms with Gasteiger partial charge < -0.3 is 10.4 Å². The highest BCUT2D eigenvalue weighted by molar-refractivity contribution is 9.10. The van der Waals surface area contributed by atoms with Crippen molar-refractivity contribution in [2.24, 2.45) is 0 Å². The van der Waals surface area contributed by atoms with E-state index in [-0.39, 0.29) is 6.61 Å². The van der Waals surface area contributed by atoms with Gasteiger partial charge in [-0.2, -0.15) is 5.10 Å². The summed E-state index contributed by atoms with van der Waals surface area (Å²) in [5.74, 6) is 0. The largest absolute Gasteiger partial charge is 0.394 e. The van der Waals surface area contributed by atoms with Gasteiger partial charge in [0.2, 0.25) is 0 Å². The number of aromatic nitrogens is 2. The van der Waals surface area contributed by atoms with Crippen LogP contribution in [0.25, 0.3) is 0 Å². The first-order valence-corrected chi connectivity index (χ1v) is 6.67. The number of rotatable bonds is 5. The summed E-state index contributed by atoms with van der Waals surface area (Å²) in [6.07, 6.45) is 3.60. The van der Waals surface area contributed by atoms with Crippen LogP contribution in [0.1, 0.15) is 5.56 Å². The van der Waals surface area contributed by atoms with E-state index in [0.717, 1.165) is 15.7 Å². The van der Waals surface area contributed by atoms with E-state index in [1.54, 1.807) is 10.9 Å². The van der Waals surface area contributed by atoms with Crippen LogP contribution in [0.15, 0.2) is 35.1 Å². The van der Waals surface area contributed by atoms with Gasteiger partial charge in [0.1, 0.15) is 0 Å². The lowest BCUT2D eigenvalue weighted by atomic mass is 10.2. The zero-order chi connectivity index (χ0) is 13.0. The molecule has 1 heterocycles. The van der Waals surface area contributed by atoms with Crippen molar-refractivity contribution in [1.29, 1.82) is 0 Å². The normalized spacial score (nSPS) is 10.6. The van der Waals surface area contributed by atoms with Gasteiger partial charge in [0.15, 0.2) is 0 Å². The van der Waals surface area contributed by atoms with Gasteiger partial charge in [-0.25, -0.2) is 0 Å². The van der Waals surface area contributed by atoms with Gasteiger partial charge in [-0.1, -0.05) is 33.6 Å². The molecule has 2 aromatic rings. The molecular formula is C12H13BrClN3O. The molecule has 0 radical (unpaired) electrons. The summed E-state index contributed by atoms with van der Waals surface area (Å²) in [4.78, 5) is 0. The number of aliphatic hydroxyl groups is 1. The van der Waals surface area contributed by atoms with Gasteiger partial charge in [-0.15, -0.1) is 0 Å². The van der Waals surface area contributed by atoms with E-state index < -0.39 is 0 Å². The van der Waals surface area contributed by atoms with E-state index in [0.29, 0.717) is 18.1 Å². The van der Waals surface area contributed by atoms with Gasteiger partial charge in [-0.3, -0.25) is 4.68 Å². The van der Waals surface area contributed by atoms with Gasteiger partial charge in [0.25, 0.3) is 0 Å². The molecule has 0 bridgehead atoms. The summed E-state index contributed by atoms with van der Waals surface area (Å²) in [7, 11) is 0. The maximum absolute atomic E-state index is 8.80. The average molecular weight is 331 g/mol. The zero-order valence-corrected chi connectivity index (χ0v) is 11.9. The Morgan fingerprint density at radius 1 is 1.44 bits per heavy atom. The number of nitrogens with one attached hydrogen (secondary N) is 1. The fourth-order valence-corrected chi connectivity index (χ4v) is 2.36. The molecule has 1 aromatic heterocycles. The highest BCUT2D eigenvalue weighted by atomic mass is 79.9. The Labute approximate surface area is 119 Å². The van der Waals surface area contributed by atoms with Crippen LogP contribution in [0, 0.1) is 0 Å². The molecule has 1 aromatic carbocycles. The zero-order valence-electron chi connectivity index (χ0n) is 9.61. The van der Waals surface area contributed by atoms with E-state index in [9.17, 15) is 0 Å². The fourth-order valence-electron chi connectivity index (χ4n) is 1.54. The first kappa shape index (κ1) is 13.4. The van der Waals surface area contributed by atoms with Crippen molar-refractivity contribution < 1.29 is 5.11 Å². The van der Waals surface area contributed by atoms with Gasteiger partial charge in [-0.05, 0) is 17.7 Å². The molecule has 2 rings (SSSR count). The molecule has 96 valence electrons. The smallest absolute Gasteiger partial charge is 0.0729 e. The van der Waals surface area contributed by atoms with Gasteiger partial charge in [0, 0.05) is 22.2 Å². The Morgan fingerprint density at radius 2 is 2.28 bits per heavy atom. The van der Waals surface area contributed by atoms with Gasteiger partial charge in [0.05, 0.1) is 25.0 Å². The second kappa shape index (κ2) is 6.22. The monoisotopic (exact) mass is 329 g/mol. The highest BCUT2D eigenvalue weighted by Gasteiger charge is 2.02. The van der Waals surface area contributed by atoms with Crippen LogP contribution in [0.2, 0.25) is 5.02 Å². The molecule has 0 spiro atoms. The number of halogens is 2. The quantitative estimate of drug-likeness (QED) is 0.886. The predicted octanol–water partition coefficient (Wildman–Crippen LogP) is 2.90. The van der Waals surface area contributed by atoms with E-state index >= 15 is 0 Å². The summed E-state index contributed by atoms with van der Waals surface area (Å²) in [5, 5.41) is 16.9. The second-order valence-corrected chi connectivity index (χ2v) is 5.10. The minimum atomic E-state index is 0.0872. The third kappa shape index (κ3) is 3.48. The SMILES string of the molecule is OCCn1cc(NCc2ccc(Cl)cc2Br)cn1. The summed E-state index contributed by atoms with van der Waals surface area (Å²) in [5.41, 5.74) is 2.04. The van der Waals surface area contributed by atoms with Crippen molar-refractivity contribution in [2.75, 3.05) is 11.9 Å². The molecule has 0 amide bonds. The van der Waals surface area contributed by atoms with Crippen LogP contribution in [0.4, 0.5) is 5.69 Å². The molecule has 0 unspecified atom stereocenters. The maximum atomic E-state index is 8.80. The lowest BCUT2D eigenvalue weighted by Crippen LogP contribution is -2.02. The minimum Gasteiger partial charge on any atom is -0.394 e. The highest BCUT2D eigenvalue weighted by Crippen LogP contribution is 2.22. The molecule has 0 aliphatic rings. The van der Waals surface area contributed by atoms with Crippen molar-refractivity contribution in [2.45, 2.75) is 13.1 Å². The number of hydrogen-bond donors (Lipinski definition) is 2. The molecule has 18 heavy (non-hydrogen) atoms. The third-order valence-electron chi connectivity index (χ3n) is 2.46. The lowest BCUT2D eigenvalue weighted by molar-refractivity contribution is 0.269. The van der Waals surface area contributed by atoms with E-state index in [2.05, 4.69) is 26.3 Å². The summed E-state index contributed by atoms with van der Waals surface area (Å²) in [6.45, 7) is 1.28. The van der Waals surface area contributed by atoms with Gasteiger partial charge >= 0.3 is 0 Å². The Bertz CT molecular complexity index is 530. The molecule has 0 aliphatic heterocycles. The molecular weight excluding hydrogens is 318 g/mol. The number of anilines is 1. The molecule has 6 heteroatoms. The van der Waals surface area contributed by atoms with Crippen molar-refractivity contribution in [1.82, 2.24) is 9.78 Å². The Balaban J connectivity index is 1.97. The summed E-state index contributed by atoms with van der Waals surface area (Å²) >= 11 is 9.36. The van der Waals surface area contributed by atoms with Crippen LogP contribution in [-0.2, 0) is 13.1 Å². The van der Waals surface area contributed by atoms with Crippen molar-refractivity contribution >= 4 is 33.2 Å². The Hall–Kier alpha value is -1.04. The predicted molar refractivity (Wildman–Crippen MR) is 75.8 cm³/mol. The average Bonchev–Trinajstić information content (AvgIpc) is 2.76. The third-order valence-corrected chi connectivity index (χ3v) is 3.43.